The first-order valence-electron chi connectivity index (χ1n) is 6.84. The topological polar surface area (TPSA) is 49.3 Å². The van der Waals surface area contributed by atoms with E-state index in [9.17, 15) is 9.90 Å². The molecule has 0 fully saturated rings. The summed E-state index contributed by atoms with van der Waals surface area (Å²) in [6, 6.07) is 5.17. The van der Waals surface area contributed by atoms with Crippen molar-refractivity contribution in [2.45, 2.75) is 52.0 Å². The molecule has 0 radical (unpaired) electrons. The van der Waals surface area contributed by atoms with E-state index in [0.29, 0.717) is 5.56 Å². The Kier molecular flexibility index (Phi) is 7.20. The van der Waals surface area contributed by atoms with Crippen LogP contribution in [-0.2, 0) is 0 Å². The molecule has 1 amide bonds. The Bertz CT molecular complexity index is 421. The highest BCUT2D eigenvalue weighted by molar-refractivity contribution is 14.1. The molecule has 1 atom stereocenters. The zero-order valence-electron chi connectivity index (χ0n) is 11.6. The van der Waals surface area contributed by atoms with Crippen molar-refractivity contribution in [1.29, 1.82) is 0 Å². The Morgan fingerprint density at radius 2 is 2.11 bits per heavy atom. The molecular formula is C15H22INO2. The lowest BCUT2D eigenvalue weighted by Gasteiger charge is -2.14. The van der Waals surface area contributed by atoms with Crippen LogP contribution >= 0.6 is 22.6 Å². The van der Waals surface area contributed by atoms with Gasteiger partial charge in [-0.1, -0.05) is 32.6 Å². The summed E-state index contributed by atoms with van der Waals surface area (Å²) in [5.41, 5.74) is 0.512. The molecule has 1 rings (SSSR count). The molecule has 0 saturated carbocycles. The maximum absolute atomic E-state index is 12.0. The van der Waals surface area contributed by atoms with Gasteiger partial charge in [-0.05, 0) is 54.1 Å². The summed E-state index contributed by atoms with van der Waals surface area (Å²) in [5, 5.41) is 12.6. The molecule has 0 aliphatic carbocycles. The second kappa shape index (κ2) is 8.40. The Labute approximate surface area is 128 Å². The van der Waals surface area contributed by atoms with Crippen molar-refractivity contribution in [2.75, 3.05) is 0 Å². The van der Waals surface area contributed by atoms with Crippen LogP contribution in [0, 0.1) is 3.57 Å². The molecule has 106 valence electrons. The normalized spacial score (nSPS) is 12.2. The average molecular weight is 375 g/mol. The molecule has 0 saturated heterocycles. The van der Waals surface area contributed by atoms with Gasteiger partial charge in [0.1, 0.15) is 5.75 Å². The standard InChI is InChI=1S/C15H22INO2/c1-3-4-5-6-7-11(2)17-15(19)12-8-9-13(16)14(18)10-12/h8-11,18H,3-7H2,1-2H3,(H,17,19). The quantitative estimate of drug-likeness (QED) is 0.557. The lowest BCUT2D eigenvalue weighted by molar-refractivity contribution is 0.0937. The van der Waals surface area contributed by atoms with Crippen molar-refractivity contribution in [3.05, 3.63) is 27.3 Å². The number of nitrogens with one attached hydrogen (secondary N) is 1. The van der Waals surface area contributed by atoms with Crippen LogP contribution in [0.15, 0.2) is 18.2 Å². The van der Waals surface area contributed by atoms with Gasteiger partial charge in [0.05, 0.1) is 3.57 Å². The fraction of sp³-hybridized carbons (Fsp3) is 0.533. The van der Waals surface area contributed by atoms with E-state index in [1.165, 1.54) is 25.3 Å². The van der Waals surface area contributed by atoms with Gasteiger partial charge in [0.2, 0.25) is 0 Å². The first kappa shape index (κ1) is 16.3. The number of phenolic OH excluding ortho intramolecular Hbond substituents is 1. The summed E-state index contributed by atoms with van der Waals surface area (Å²) < 4.78 is 0.752. The number of hydrogen-bond acceptors (Lipinski definition) is 2. The van der Waals surface area contributed by atoms with Crippen LogP contribution in [0.3, 0.4) is 0 Å². The molecule has 1 aromatic carbocycles. The third-order valence-electron chi connectivity index (χ3n) is 3.08. The molecule has 19 heavy (non-hydrogen) atoms. The van der Waals surface area contributed by atoms with Crippen molar-refractivity contribution in [2.24, 2.45) is 0 Å². The number of rotatable bonds is 7. The van der Waals surface area contributed by atoms with Crippen LogP contribution in [0.25, 0.3) is 0 Å². The molecule has 2 N–H and O–H groups in total. The van der Waals surface area contributed by atoms with E-state index in [1.54, 1.807) is 12.1 Å². The van der Waals surface area contributed by atoms with E-state index in [2.05, 4.69) is 12.2 Å². The second-order valence-electron chi connectivity index (χ2n) is 4.89. The SMILES string of the molecule is CCCCCCC(C)NC(=O)c1ccc(I)c(O)c1. The van der Waals surface area contributed by atoms with E-state index < -0.39 is 0 Å². The Morgan fingerprint density at radius 1 is 1.37 bits per heavy atom. The number of hydrogen-bond donors (Lipinski definition) is 2. The van der Waals surface area contributed by atoms with Gasteiger partial charge in [0.25, 0.3) is 5.91 Å². The lowest BCUT2D eigenvalue weighted by atomic mass is 10.1. The summed E-state index contributed by atoms with van der Waals surface area (Å²) >= 11 is 2.03. The molecule has 0 aromatic heterocycles. The van der Waals surface area contributed by atoms with Crippen molar-refractivity contribution in [1.82, 2.24) is 5.32 Å². The molecule has 0 aliphatic heterocycles. The van der Waals surface area contributed by atoms with Crippen LogP contribution < -0.4 is 5.32 Å². The summed E-state index contributed by atoms with van der Waals surface area (Å²) in [5.74, 6) is 0.0403. The number of phenols is 1. The van der Waals surface area contributed by atoms with Crippen LogP contribution in [-0.4, -0.2) is 17.1 Å². The summed E-state index contributed by atoms with van der Waals surface area (Å²) in [4.78, 5) is 12.0. The predicted octanol–water partition coefficient (Wildman–Crippen LogP) is 4.09. The Balaban J connectivity index is 2.43. The maximum Gasteiger partial charge on any atom is 0.251 e. The number of carbonyl (C=O) groups is 1. The minimum absolute atomic E-state index is 0.116. The fourth-order valence-electron chi connectivity index (χ4n) is 1.91. The van der Waals surface area contributed by atoms with E-state index in [1.807, 2.05) is 29.5 Å². The van der Waals surface area contributed by atoms with Crippen LogP contribution in [0.1, 0.15) is 56.3 Å². The van der Waals surface area contributed by atoms with E-state index in [4.69, 9.17) is 0 Å². The minimum atomic E-state index is -0.116. The number of carbonyl (C=O) groups excluding carboxylic acids is 1. The van der Waals surface area contributed by atoms with Gasteiger partial charge in [0.15, 0.2) is 0 Å². The number of benzene rings is 1. The van der Waals surface area contributed by atoms with Crippen molar-refractivity contribution in [3.63, 3.8) is 0 Å². The smallest absolute Gasteiger partial charge is 0.251 e. The third-order valence-corrected chi connectivity index (χ3v) is 3.99. The Morgan fingerprint density at radius 3 is 2.74 bits per heavy atom. The van der Waals surface area contributed by atoms with E-state index in [0.717, 1.165) is 16.4 Å². The molecule has 0 aliphatic rings. The average Bonchev–Trinajstić information content (AvgIpc) is 2.38. The monoisotopic (exact) mass is 375 g/mol. The number of aromatic hydroxyl groups is 1. The largest absolute Gasteiger partial charge is 0.507 e. The summed E-state index contributed by atoms with van der Waals surface area (Å²) in [7, 11) is 0. The Hall–Kier alpha value is -0.780. The van der Waals surface area contributed by atoms with E-state index in [-0.39, 0.29) is 17.7 Å². The van der Waals surface area contributed by atoms with Gasteiger partial charge in [-0.3, -0.25) is 4.79 Å². The molecule has 0 bridgehead atoms. The first-order valence-corrected chi connectivity index (χ1v) is 7.91. The van der Waals surface area contributed by atoms with Crippen LogP contribution in [0.5, 0.6) is 5.75 Å². The van der Waals surface area contributed by atoms with Crippen molar-refractivity contribution in [3.8, 4) is 5.75 Å². The van der Waals surface area contributed by atoms with Crippen LogP contribution in [0.2, 0.25) is 0 Å². The first-order chi connectivity index (χ1) is 9.04. The molecular weight excluding hydrogens is 353 g/mol. The zero-order valence-corrected chi connectivity index (χ0v) is 13.7. The number of unbranched alkanes of at least 4 members (excludes halogenated alkanes) is 3. The molecule has 4 heteroatoms. The number of amides is 1. The van der Waals surface area contributed by atoms with Gasteiger partial charge in [-0.2, -0.15) is 0 Å². The molecule has 0 heterocycles. The number of halogens is 1. The molecule has 1 unspecified atom stereocenters. The summed E-state index contributed by atoms with van der Waals surface area (Å²) in [6.45, 7) is 4.21. The lowest BCUT2D eigenvalue weighted by Crippen LogP contribution is -2.32. The van der Waals surface area contributed by atoms with Crippen molar-refractivity contribution < 1.29 is 9.90 Å². The molecule has 0 spiro atoms. The van der Waals surface area contributed by atoms with Gasteiger partial charge in [-0.25, -0.2) is 0 Å². The van der Waals surface area contributed by atoms with Crippen LogP contribution in [0.4, 0.5) is 0 Å². The summed E-state index contributed by atoms with van der Waals surface area (Å²) in [6.07, 6.45) is 5.85. The fourth-order valence-corrected chi connectivity index (χ4v) is 2.25. The van der Waals surface area contributed by atoms with Gasteiger partial charge < -0.3 is 10.4 Å². The third kappa shape index (κ3) is 5.80. The maximum atomic E-state index is 12.0. The van der Waals surface area contributed by atoms with Gasteiger partial charge in [-0.15, -0.1) is 0 Å². The van der Waals surface area contributed by atoms with E-state index >= 15 is 0 Å². The van der Waals surface area contributed by atoms with Gasteiger partial charge >= 0.3 is 0 Å². The van der Waals surface area contributed by atoms with Crippen molar-refractivity contribution >= 4 is 28.5 Å². The minimum Gasteiger partial charge on any atom is -0.507 e. The second-order valence-corrected chi connectivity index (χ2v) is 6.05. The van der Waals surface area contributed by atoms with Gasteiger partial charge in [0, 0.05) is 11.6 Å². The highest BCUT2D eigenvalue weighted by Crippen LogP contribution is 2.20. The highest BCUT2D eigenvalue weighted by atomic mass is 127. The predicted molar refractivity (Wildman–Crippen MR) is 86.5 cm³/mol. The highest BCUT2D eigenvalue weighted by Gasteiger charge is 2.11. The molecule has 3 nitrogen and oxygen atoms in total. The molecule has 1 aromatic rings. The zero-order chi connectivity index (χ0) is 14.3.